The third-order valence-corrected chi connectivity index (χ3v) is 10.0. The van der Waals surface area contributed by atoms with E-state index >= 15 is 0 Å². The van der Waals surface area contributed by atoms with Crippen molar-refractivity contribution >= 4 is 47.3 Å². The first-order valence-electron chi connectivity index (χ1n) is 13.3. The molecule has 4 atom stereocenters. The van der Waals surface area contributed by atoms with Gasteiger partial charge >= 0.3 is 24.3 Å². The van der Waals surface area contributed by atoms with Crippen LogP contribution in [-0.2, 0) is 49.3 Å². The summed E-state index contributed by atoms with van der Waals surface area (Å²) in [7, 11) is 2.37. The lowest BCUT2D eigenvalue weighted by molar-refractivity contribution is -0.278. The number of benzene rings is 2. The third kappa shape index (κ3) is 6.27. The largest absolute Gasteiger partial charge is 0.459 e. The molecule has 0 saturated carbocycles. The second-order valence-corrected chi connectivity index (χ2v) is 12.2. The molecule has 0 spiro atoms. The van der Waals surface area contributed by atoms with Crippen LogP contribution in [-0.4, -0.2) is 97.7 Å². The number of carbonyl (C=O) groups is 4. The second kappa shape index (κ2) is 13.9. The van der Waals surface area contributed by atoms with Crippen LogP contribution in [0.2, 0.25) is 0 Å². The van der Waals surface area contributed by atoms with Crippen molar-refractivity contribution in [3.05, 3.63) is 71.8 Å². The minimum atomic E-state index is -5.32. The topological polar surface area (TPSA) is 120 Å². The fourth-order valence-corrected chi connectivity index (χ4v) is 6.43. The molecule has 1 aliphatic rings. The molecule has 47 heavy (non-hydrogen) atoms. The first-order valence-corrected chi connectivity index (χ1v) is 15.8. The molecule has 1 aliphatic heterocycles. The van der Waals surface area contributed by atoms with E-state index in [1.165, 1.54) is 48.9 Å². The number of nitrogens with zero attached hydrogens (tertiary/aromatic N) is 1. The molecule has 0 radical (unpaired) electrons. The number of alkyl halides is 6. The number of nitrogens with one attached hydrogen (secondary N) is 1. The maximum Gasteiger partial charge on any atom is 0.432 e. The predicted octanol–water partition coefficient (Wildman–Crippen LogP) is 3.99. The number of ether oxygens (including phenoxy) is 4. The Morgan fingerprint density at radius 3 is 1.49 bits per heavy atom. The van der Waals surface area contributed by atoms with Crippen LogP contribution in [0.15, 0.2) is 60.7 Å². The summed E-state index contributed by atoms with van der Waals surface area (Å²) in [5.74, 6) is -5.98. The molecule has 2 amide bonds. The van der Waals surface area contributed by atoms with Gasteiger partial charge < -0.3 is 29.2 Å². The van der Waals surface area contributed by atoms with Crippen molar-refractivity contribution in [3.8, 4) is 0 Å². The summed E-state index contributed by atoms with van der Waals surface area (Å²) >= 11 is 1.24. The van der Waals surface area contributed by atoms with Gasteiger partial charge in [0.25, 0.3) is 23.0 Å². The summed E-state index contributed by atoms with van der Waals surface area (Å²) in [6.07, 6.45) is -8.04. The van der Waals surface area contributed by atoms with Crippen LogP contribution in [0.3, 0.4) is 0 Å². The molecule has 10 nitrogen and oxygen atoms in total. The van der Waals surface area contributed by atoms with Crippen molar-refractivity contribution in [1.82, 2.24) is 10.2 Å². The summed E-state index contributed by atoms with van der Waals surface area (Å²) in [6.45, 7) is -2.22. The standard InChI is InChI=1S/C29H30F6N2O8S2/c1-37-21(39)24(46-4,16-44-22(40)26(42-2,28(30,31)32)18-12-8-6-9-13-18)36-20(38)25(37,47-5)17-45-23(41)27(43-3,29(33,34)35)19-14-10-7-11-15-19/h6-15H,16-17H2,1-5H3,(H,36,38)/t24-,25-,26+,27+/m1/s1. The highest BCUT2D eigenvalue weighted by Gasteiger charge is 2.67. The highest BCUT2D eigenvalue weighted by molar-refractivity contribution is 8.01. The lowest BCUT2D eigenvalue weighted by Gasteiger charge is -2.49. The van der Waals surface area contributed by atoms with Gasteiger partial charge in [-0.1, -0.05) is 60.7 Å². The molecular weight excluding hydrogens is 682 g/mol. The molecule has 0 aliphatic carbocycles. The van der Waals surface area contributed by atoms with Gasteiger partial charge in [0.1, 0.15) is 13.2 Å². The highest BCUT2D eigenvalue weighted by Crippen LogP contribution is 2.46. The number of esters is 2. The van der Waals surface area contributed by atoms with E-state index in [-0.39, 0.29) is 0 Å². The molecule has 1 N–H and O–H groups in total. The van der Waals surface area contributed by atoms with Crippen LogP contribution in [0.5, 0.6) is 0 Å². The van der Waals surface area contributed by atoms with Gasteiger partial charge in [-0.15, -0.1) is 23.5 Å². The number of methoxy groups -OCH3 is 2. The SMILES string of the molecule is CO[C@](C(=O)OC[C@]1(SC)NC(=O)[C@@](COC(=O)[C@@](OC)(c2ccccc2)C(F)(F)F)(SC)N(C)C1=O)(c1ccccc1)C(F)(F)F. The van der Waals surface area contributed by atoms with E-state index in [1.807, 2.05) is 0 Å². The maximum absolute atomic E-state index is 14.4. The van der Waals surface area contributed by atoms with Crippen LogP contribution in [0.4, 0.5) is 26.3 Å². The van der Waals surface area contributed by atoms with E-state index in [9.17, 15) is 45.5 Å². The quantitative estimate of drug-likeness (QED) is 0.256. The van der Waals surface area contributed by atoms with Gasteiger partial charge in [0, 0.05) is 32.4 Å². The number of rotatable bonds is 12. The first-order chi connectivity index (χ1) is 21.9. The smallest absolute Gasteiger partial charge is 0.432 e. The number of amides is 2. The van der Waals surface area contributed by atoms with Crippen molar-refractivity contribution in [2.45, 2.75) is 33.3 Å². The second-order valence-electron chi connectivity index (χ2n) is 9.99. The number of thioether (sulfide) groups is 2. The minimum Gasteiger partial charge on any atom is -0.459 e. The molecule has 0 aromatic heterocycles. The molecule has 1 heterocycles. The zero-order valence-electron chi connectivity index (χ0n) is 25.5. The Balaban J connectivity index is 1.92. The van der Waals surface area contributed by atoms with Crippen molar-refractivity contribution in [3.63, 3.8) is 0 Å². The number of carbonyl (C=O) groups excluding carboxylic acids is 4. The predicted molar refractivity (Wildman–Crippen MR) is 158 cm³/mol. The molecule has 1 saturated heterocycles. The first kappa shape index (κ1) is 38.0. The fourth-order valence-electron chi connectivity index (χ4n) is 4.98. The van der Waals surface area contributed by atoms with E-state index < -0.39 is 81.4 Å². The summed E-state index contributed by atoms with van der Waals surface area (Å²) in [4.78, 5) is 50.0. The Morgan fingerprint density at radius 2 is 1.15 bits per heavy atom. The van der Waals surface area contributed by atoms with Gasteiger partial charge in [-0.25, -0.2) is 9.59 Å². The van der Waals surface area contributed by atoms with Crippen LogP contribution in [0, 0.1) is 0 Å². The monoisotopic (exact) mass is 712 g/mol. The lowest BCUT2D eigenvalue weighted by atomic mass is 9.92. The van der Waals surface area contributed by atoms with Gasteiger partial charge in [-0.2, -0.15) is 26.3 Å². The average Bonchev–Trinajstić information content (AvgIpc) is 3.03. The summed E-state index contributed by atoms with van der Waals surface area (Å²) in [6, 6.07) is 11.8. The number of hydrogen-bond acceptors (Lipinski definition) is 10. The van der Waals surface area contributed by atoms with Gasteiger partial charge in [-0.3, -0.25) is 9.59 Å². The molecule has 2 aromatic carbocycles. The van der Waals surface area contributed by atoms with E-state index in [4.69, 9.17) is 18.9 Å². The molecule has 3 rings (SSSR count). The normalized spacial score (nSPS) is 22.9. The molecule has 258 valence electrons. The molecule has 18 heteroatoms. The minimum absolute atomic E-state index is 0.608. The molecule has 0 bridgehead atoms. The van der Waals surface area contributed by atoms with Gasteiger partial charge in [0.05, 0.1) is 0 Å². The zero-order chi connectivity index (χ0) is 35.5. The maximum atomic E-state index is 14.4. The molecule has 0 unspecified atom stereocenters. The molecular formula is C29H30F6N2O8S2. The van der Waals surface area contributed by atoms with Crippen molar-refractivity contribution in [1.29, 1.82) is 0 Å². The Kier molecular flexibility index (Phi) is 11.3. The van der Waals surface area contributed by atoms with E-state index in [1.54, 1.807) is 0 Å². The highest BCUT2D eigenvalue weighted by atomic mass is 32.2. The number of piperazine rings is 1. The van der Waals surface area contributed by atoms with E-state index in [0.29, 0.717) is 37.7 Å². The lowest BCUT2D eigenvalue weighted by Crippen LogP contribution is -2.75. The van der Waals surface area contributed by atoms with Gasteiger partial charge in [0.2, 0.25) is 9.74 Å². The summed E-state index contributed by atoms with van der Waals surface area (Å²) in [5, 5.41) is 2.31. The van der Waals surface area contributed by atoms with Crippen molar-refractivity contribution in [2.24, 2.45) is 0 Å². The zero-order valence-corrected chi connectivity index (χ0v) is 27.1. The Bertz CT molecular complexity index is 1470. The summed E-state index contributed by atoms with van der Waals surface area (Å²) < 4.78 is 106. The Hall–Kier alpha value is -3.48. The van der Waals surface area contributed by atoms with E-state index in [2.05, 4.69) is 5.32 Å². The van der Waals surface area contributed by atoms with Crippen LogP contribution >= 0.6 is 23.5 Å². The third-order valence-electron chi connectivity index (χ3n) is 7.70. The number of hydrogen-bond donors (Lipinski definition) is 1. The van der Waals surface area contributed by atoms with Crippen LogP contribution in [0.25, 0.3) is 0 Å². The Labute approximate surface area is 273 Å². The fraction of sp³-hybridized carbons (Fsp3) is 0.448. The number of likely N-dealkylation sites (N-methyl/N-ethyl adjacent to an activating group) is 1. The number of halogens is 6. The molecule has 2 aromatic rings. The Morgan fingerprint density at radius 1 is 0.745 bits per heavy atom. The van der Waals surface area contributed by atoms with Crippen molar-refractivity contribution in [2.75, 3.05) is 47.0 Å². The van der Waals surface area contributed by atoms with Crippen LogP contribution in [0.1, 0.15) is 11.1 Å². The van der Waals surface area contributed by atoms with Crippen LogP contribution < -0.4 is 5.32 Å². The van der Waals surface area contributed by atoms with E-state index in [0.717, 1.165) is 36.2 Å². The van der Waals surface area contributed by atoms with Gasteiger partial charge in [-0.05, 0) is 12.5 Å². The van der Waals surface area contributed by atoms with Gasteiger partial charge in [0.15, 0.2) is 0 Å². The average molecular weight is 713 g/mol. The summed E-state index contributed by atoms with van der Waals surface area (Å²) in [5.41, 5.74) is -8.41. The molecule has 1 fully saturated rings. The van der Waals surface area contributed by atoms with Crippen molar-refractivity contribution < 1.29 is 64.5 Å².